The highest BCUT2D eigenvalue weighted by Gasteiger charge is 2.27. The number of aryl methyl sites for hydroxylation is 2. The summed E-state index contributed by atoms with van der Waals surface area (Å²) >= 11 is 1.04. The molecule has 1 atom stereocenters. The number of hydrogen-bond acceptors (Lipinski definition) is 6. The van der Waals surface area contributed by atoms with E-state index in [1.165, 1.54) is 6.07 Å². The molecule has 0 aromatic carbocycles. The Morgan fingerprint density at radius 2 is 2.20 bits per heavy atom. The highest BCUT2D eigenvalue weighted by molar-refractivity contribution is 7.19. The maximum atomic E-state index is 10.6. The van der Waals surface area contributed by atoms with Crippen LogP contribution in [0.2, 0.25) is 0 Å². The first-order chi connectivity index (χ1) is 9.29. The van der Waals surface area contributed by atoms with Crippen LogP contribution in [0.5, 0.6) is 0 Å². The van der Waals surface area contributed by atoms with Crippen molar-refractivity contribution in [2.45, 2.75) is 26.4 Å². The molecule has 0 aliphatic carbocycles. The number of aliphatic hydroxyl groups is 1. The Kier molecular flexibility index (Phi) is 3.82. The maximum absolute atomic E-state index is 10.6. The molecule has 0 bridgehead atoms. The molecule has 20 heavy (non-hydrogen) atoms. The molecule has 108 valence electrons. The number of furan rings is 1. The first kappa shape index (κ1) is 14.5. The van der Waals surface area contributed by atoms with E-state index < -0.39 is 10.5 Å². The number of nitrogens with one attached hydrogen (secondary N) is 1. The van der Waals surface area contributed by atoms with Crippen molar-refractivity contribution < 1.29 is 14.4 Å². The summed E-state index contributed by atoms with van der Waals surface area (Å²) in [6.07, 6.45) is 0. The fourth-order valence-corrected chi connectivity index (χ4v) is 2.76. The maximum Gasteiger partial charge on any atom is 0.326 e. The molecule has 7 heteroatoms. The molecule has 0 fully saturated rings. The van der Waals surface area contributed by atoms with Gasteiger partial charge in [0.25, 0.3) is 0 Å². The minimum atomic E-state index is -1.11. The van der Waals surface area contributed by atoms with E-state index in [0.29, 0.717) is 16.3 Å². The van der Waals surface area contributed by atoms with E-state index in [0.717, 1.165) is 17.1 Å². The van der Waals surface area contributed by atoms with Gasteiger partial charge < -0.3 is 14.8 Å². The Bertz CT molecular complexity index is 630. The van der Waals surface area contributed by atoms with Gasteiger partial charge in [0, 0.05) is 18.2 Å². The molecule has 2 heterocycles. The molecule has 0 amide bonds. The zero-order valence-corrected chi connectivity index (χ0v) is 12.3. The van der Waals surface area contributed by atoms with Crippen LogP contribution in [0.1, 0.15) is 24.0 Å². The summed E-state index contributed by atoms with van der Waals surface area (Å²) in [6.45, 7) is 5.54. The van der Waals surface area contributed by atoms with Crippen LogP contribution in [-0.2, 0) is 5.60 Å². The topological polar surface area (TPSA) is 88.5 Å². The van der Waals surface area contributed by atoms with Gasteiger partial charge in [0.05, 0.1) is 9.92 Å². The SMILES string of the molecule is Cc1cc([C@@](C)(O)CNc2ccc([N+](=O)[O-])s2)c(C)o1. The smallest absolute Gasteiger partial charge is 0.326 e. The Morgan fingerprint density at radius 3 is 2.70 bits per heavy atom. The molecular formula is C13H16N2O4S. The van der Waals surface area contributed by atoms with Gasteiger partial charge in [-0.2, -0.15) is 0 Å². The van der Waals surface area contributed by atoms with E-state index >= 15 is 0 Å². The predicted molar refractivity (Wildman–Crippen MR) is 77.2 cm³/mol. The minimum absolute atomic E-state index is 0.0717. The van der Waals surface area contributed by atoms with Crippen LogP contribution in [0.15, 0.2) is 22.6 Å². The third-order valence-corrected chi connectivity index (χ3v) is 3.99. The molecule has 0 aliphatic rings. The highest BCUT2D eigenvalue weighted by atomic mass is 32.1. The lowest BCUT2D eigenvalue weighted by Gasteiger charge is -2.23. The van der Waals surface area contributed by atoms with Gasteiger partial charge in [-0.05, 0) is 44.2 Å². The summed E-state index contributed by atoms with van der Waals surface area (Å²) in [7, 11) is 0. The van der Waals surface area contributed by atoms with Crippen molar-refractivity contribution >= 4 is 21.3 Å². The quantitative estimate of drug-likeness (QED) is 0.653. The largest absolute Gasteiger partial charge is 0.466 e. The molecule has 2 rings (SSSR count). The second kappa shape index (κ2) is 5.26. The third-order valence-electron chi connectivity index (χ3n) is 3.00. The van der Waals surface area contributed by atoms with Gasteiger partial charge in [0.15, 0.2) is 0 Å². The summed E-state index contributed by atoms with van der Waals surface area (Å²) in [6, 6.07) is 4.87. The van der Waals surface area contributed by atoms with Crippen LogP contribution in [0.25, 0.3) is 0 Å². The molecule has 2 N–H and O–H groups in total. The fraction of sp³-hybridized carbons (Fsp3) is 0.385. The molecule has 0 unspecified atom stereocenters. The minimum Gasteiger partial charge on any atom is -0.466 e. The van der Waals surface area contributed by atoms with E-state index in [1.54, 1.807) is 26.0 Å². The van der Waals surface area contributed by atoms with Crippen LogP contribution in [0, 0.1) is 24.0 Å². The van der Waals surface area contributed by atoms with Crippen molar-refractivity contribution in [2.75, 3.05) is 11.9 Å². The van der Waals surface area contributed by atoms with Crippen molar-refractivity contribution in [3.8, 4) is 0 Å². The number of nitro groups is 1. The number of rotatable bonds is 5. The summed E-state index contributed by atoms with van der Waals surface area (Å²) in [4.78, 5) is 10.2. The molecule has 0 aliphatic heterocycles. The summed E-state index contributed by atoms with van der Waals surface area (Å²) in [5.74, 6) is 1.41. The average molecular weight is 296 g/mol. The molecule has 0 radical (unpaired) electrons. The van der Waals surface area contributed by atoms with E-state index in [-0.39, 0.29) is 11.5 Å². The van der Waals surface area contributed by atoms with Crippen molar-refractivity contribution in [1.29, 1.82) is 0 Å². The van der Waals surface area contributed by atoms with Gasteiger partial charge in [0.2, 0.25) is 0 Å². The number of hydrogen-bond donors (Lipinski definition) is 2. The van der Waals surface area contributed by atoms with E-state index in [1.807, 2.05) is 6.92 Å². The average Bonchev–Trinajstić information content (AvgIpc) is 2.93. The lowest BCUT2D eigenvalue weighted by atomic mass is 9.96. The molecule has 0 spiro atoms. The Morgan fingerprint density at radius 1 is 1.50 bits per heavy atom. The van der Waals surface area contributed by atoms with Crippen LogP contribution in [0.4, 0.5) is 10.0 Å². The second-order valence-corrected chi connectivity index (χ2v) is 5.91. The predicted octanol–water partition coefficient (Wildman–Crippen LogP) is 3.19. The van der Waals surface area contributed by atoms with E-state index in [9.17, 15) is 15.2 Å². The van der Waals surface area contributed by atoms with Gasteiger partial charge in [-0.1, -0.05) is 0 Å². The van der Waals surface area contributed by atoms with Gasteiger partial charge in [-0.15, -0.1) is 0 Å². The number of thiophene rings is 1. The summed E-state index contributed by atoms with van der Waals surface area (Å²) in [5.41, 5.74) is -0.394. The molecule has 6 nitrogen and oxygen atoms in total. The first-order valence-electron chi connectivity index (χ1n) is 6.07. The van der Waals surface area contributed by atoms with Crippen LogP contribution in [-0.4, -0.2) is 16.6 Å². The zero-order valence-electron chi connectivity index (χ0n) is 11.5. The van der Waals surface area contributed by atoms with Crippen molar-refractivity contribution in [3.05, 3.63) is 45.4 Å². The molecule has 0 saturated heterocycles. The van der Waals surface area contributed by atoms with Crippen LogP contribution in [0.3, 0.4) is 0 Å². The van der Waals surface area contributed by atoms with Gasteiger partial charge >= 0.3 is 5.00 Å². The number of anilines is 1. The van der Waals surface area contributed by atoms with Gasteiger partial charge in [-0.3, -0.25) is 10.1 Å². The fourth-order valence-electron chi connectivity index (χ4n) is 2.04. The Hall–Kier alpha value is -1.86. The Balaban J connectivity index is 2.08. The summed E-state index contributed by atoms with van der Waals surface area (Å²) < 4.78 is 5.41. The van der Waals surface area contributed by atoms with Gasteiger partial charge in [0.1, 0.15) is 17.1 Å². The van der Waals surface area contributed by atoms with Crippen LogP contribution < -0.4 is 5.32 Å². The third kappa shape index (κ3) is 3.00. The standard InChI is InChI=1S/C13H16N2O4S/c1-8-6-10(9(2)19-8)13(3,16)7-14-11-4-5-12(20-11)15(17)18/h4-6,14,16H,7H2,1-3H3/t13-/m0/s1. The van der Waals surface area contributed by atoms with Gasteiger partial charge in [-0.25, -0.2) is 0 Å². The molecule has 0 saturated carbocycles. The normalized spacial score (nSPS) is 14.0. The second-order valence-electron chi connectivity index (χ2n) is 4.85. The van der Waals surface area contributed by atoms with E-state index in [4.69, 9.17) is 4.42 Å². The van der Waals surface area contributed by atoms with E-state index in [2.05, 4.69) is 5.32 Å². The highest BCUT2D eigenvalue weighted by Crippen LogP contribution is 2.31. The van der Waals surface area contributed by atoms with Crippen molar-refractivity contribution in [2.24, 2.45) is 0 Å². The van der Waals surface area contributed by atoms with Crippen molar-refractivity contribution in [3.63, 3.8) is 0 Å². The monoisotopic (exact) mass is 296 g/mol. The number of nitrogens with zero attached hydrogens (tertiary/aromatic N) is 1. The molecular weight excluding hydrogens is 280 g/mol. The Labute approximate surface area is 120 Å². The van der Waals surface area contributed by atoms with Crippen LogP contribution >= 0.6 is 11.3 Å². The molecule has 2 aromatic rings. The lowest BCUT2D eigenvalue weighted by molar-refractivity contribution is -0.380. The van der Waals surface area contributed by atoms with Crippen molar-refractivity contribution in [1.82, 2.24) is 0 Å². The summed E-state index contributed by atoms with van der Waals surface area (Å²) in [5, 5.41) is 24.9. The molecule has 2 aromatic heterocycles. The first-order valence-corrected chi connectivity index (χ1v) is 6.89. The zero-order chi connectivity index (χ0) is 14.9. The lowest BCUT2D eigenvalue weighted by Crippen LogP contribution is -2.30.